The van der Waals surface area contributed by atoms with Gasteiger partial charge < -0.3 is 39.1 Å². The first kappa shape index (κ1) is 31.1. The van der Waals surface area contributed by atoms with Gasteiger partial charge in [0.2, 0.25) is 6.79 Å². The summed E-state index contributed by atoms with van der Waals surface area (Å²) in [7, 11) is 1.54. The molecule has 2 heterocycles. The lowest BCUT2D eigenvalue weighted by Crippen LogP contribution is -2.45. The number of fused-ring (bicyclic) bond motifs is 1. The molecular formula is C32H32N4O8S. The van der Waals surface area contributed by atoms with Crippen LogP contribution in [0, 0.1) is 0 Å². The molecule has 1 amide bonds. The number of rotatable bonds is 12. The van der Waals surface area contributed by atoms with E-state index in [1.165, 1.54) is 6.21 Å². The Labute approximate surface area is 265 Å². The van der Waals surface area contributed by atoms with Crippen LogP contribution in [0.2, 0.25) is 0 Å². The number of hydrogen-bond donors (Lipinski definition) is 3. The lowest BCUT2D eigenvalue weighted by molar-refractivity contribution is -0.139. The number of carbonyl (C=O) groups excluding carboxylic acids is 2. The molecule has 0 bridgehead atoms. The molecule has 2 aliphatic rings. The van der Waals surface area contributed by atoms with Crippen molar-refractivity contribution in [2.24, 2.45) is 5.10 Å². The van der Waals surface area contributed by atoms with Crippen molar-refractivity contribution in [2.45, 2.75) is 26.5 Å². The molecular weight excluding hydrogens is 600 g/mol. The molecule has 1 atom stereocenters. The smallest absolute Gasteiger partial charge is 0.338 e. The molecule has 234 valence electrons. The molecule has 3 N–H and O–H groups in total. The fourth-order valence-electron chi connectivity index (χ4n) is 4.69. The lowest BCUT2D eigenvalue weighted by atomic mass is 9.95. The van der Waals surface area contributed by atoms with Crippen LogP contribution >= 0.6 is 12.2 Å². The van der Waals surface area contributed by atoms with Gasteiger partial charge in [0.05, 0.1) is 31.5 Å². The highest BCUT2D eigenvalue weighted by Crippen LogP contribution is 2.35. The number of ether oxygens (including phenoxy) is 6. The maximum Gasteiger partial charge on any atom is 0.338 e. The molecule has 0 fully saturated rings. The van der Waals surface area contributed by atoms with Gasteiger partial charge in [0.1, 0.15) is 12.4 Å². The van der Waals surface area contributed by atoms with Gasteiger partial charge in [-0.25, -0.2) is 10.2 Å². The van der Waals surface area contributed by atoms with Crippen LogP contribution in [0.25, 0.3) is 0 Å². The number of thiocarbonyl (C=S) groups is 1. The highest BCUT2D eigenvalue weighted by atomic mass is 32.1. The van der Waals surface area contributed by atoms with Crippen molar-refractivity contribution < 1.29 is 38.0 Å². The van der Waals surface area contributed by atoms with Crippen molar-refractivity contribution >= 4 is 35.4 Å². The van der Waals surface area contributed by atoms with Gasteiger partial charge in [-0.3, -0.25) is 4.79 Å². The first-order valence-electron chi connectivity index (χ1n) is 14.0. The largest absolute Gasteiger partial charge is 0.493 e. The zero-order valence-electron chi connectivity index (χ0n) is 24.9. The van der Waals surface area contributed by atoms with Crippen LogP contribution in [0.4, 0.5) is 0 Å². The first-order valence-corrected chi connectivity index (χ1v) is 14.5. The summed E-state index contributed by atoms with van der Waals surface area (Å²) in [6, 6.07) is 17.4. The Balaban J connectivity index is 1.18. The molecule has 5 rings (SSSR count). The standard InChI is InChI=1S/C32H32N4O8S/c1-4-40-31(38)29-19(2)34-32(45)35-30(29)22-7-5-6-8-23(22)42-17-28(37)36-33-15-20-9-11-24(26(13-20)39-3)41-16-21-10-12-25-27(14-21)44-18-43-25/h5-15,30H,4,16-18H2,1-3H3,(H,36,37)(H2,34,35,45)/t30-/m1/s1. The van der Waals surface area contributed by atoms with Crippen LogP contribution in [0.3, 0.4) is 0 Å². The molecule has 3 aromatic rings. The number of nitrogens with one attached hydrogen (secondary N) is 3. The third-order valence-electron chi connectivity index (χ3n) is 6.78. The Morgan fingerprint density at radius 2 is 1.87 bits per heavy atom. The number of hydrazone groups is 1. The summed E-state index contributed by atoms with van der Waals surface area (Å²) in [6.45, 7) is 3.90. The minimum absolute atomic E-state index is 0.209. The zero-order valence-corrected chi connectivity index (χ0v) is 25.7. The third kappa shape index (κ3) is 7.62. The minimum Gasteiger partial charge on any atom is -0.493 e. The molecule has 13 heteroatoms. The summed E-state index contributed by atoms with van der Waals surface area (Å²) in [5.41, 5.74) is 5.62. The monoisotopic (exact) mass is 632 g/mol. The number of methoxy groups -OCH3 is 1. The molecule has 0 saturated heterocycles. The topological polar surface area (TPSA) is 138 Å². The van der Waals surface area contributed by atoms with E-state index < -0.39 is 17.9 Å². The molecule has 45 heavy (non-hydrogen) atoms. The van der Waals surface area contributed by atoms with E-state index in [9.17, 15) is 9.59 Å². The van der Waals surface area contributed by atoms with E-state index in [-0.39, 0.29) is 20.0 Å². The quantitative estimate of drug-likeness (QED) is 0.116. The number of para-hydroxylation sites is 1. The SMILES string of the molecule is CCOC(=O)C1=C(C)NC(=S)N[C@@H]1c1ccccc1OCC(=O)NN=Cc1ccc(OCc2ccc3c(c2)OCO3)c(OC)c1. The molecule has 3 aromatic carbocycles. The summed E-state index contributed by atoms with van der Waals surface area (Å²) < 4.78 is 33.3. The number of hydrogen-bond acceptors (Lipinski definition) is 10. The third-order valence-corrected chi connectivity index (χ3v) is 7.00. The van der Waals surface area contributed by atoms with E-state index in [0.717, 1.165) is 5.56 Å². The fraction of sp³-hybridized carbons (Fsp3) is 0.250. The van der Waals surface area contributed by atoms with E-state index in [2.05, 4.69) is 21.2 Å². The zero-order chi connectivity index (χ0) is 31.8. The normalized spacial score (nSPS) is 15.3. The number of amides is 1. The number of allylic oxidation sites excluding steroid dienone is 1. The summed E-state index contributed by atoms with van der Waals surface area (Å²) in [4.78, 5) is 25.3. The first-order chi connectivity index (χ1) is 21.9. The van der Waals surface area contributed by atoms with E-state index in [1.807, 2.05) is 18.2 Å². The van der Waals surface area contributed by atoms with Gasteiger partial charge in [0.25, 0.3) is 5.91 Å². The van der Waals surface area contributed by atoms with Crippen LogP contribution in [-0.2, 0) is 20.9 Å². The maximum atomic E-state index is 12.7. The van der Waals surface area contributed by atoms with Crippen molar-refractivity contribution in [1.82, 2.24) is 16.1 Å². The van der Waals surface area contributed by atoms with Crippen LogP contribution in [0.1, 0.15) is 36.6 Å². The predicted octanol–water partition coefficient (Wildman–Crippen LogP) is 3.89. The van der Waals surface area contributed by atoms with Gasteiger partial charge in [-0.05, 0) is 73.6 Å². The molecule has 0 unspecified atom stereocenters. The van der Waals surface area contributed by atoms with Gasteiger partial charge in [-0.2, -0.15) is 5.10 Å². The van der Waals surface area contributed by atoms with Crippen LogP contribution in [-0.4, -0.2) is 50.3 Å². The molecule has 0 aliphatic carbocycles. The molecule has 0 radical (unpaired) electrons. The van der Waals surface area contributed by atoms with Crippen LogP contribution in [0.5, 0.6) is 28.7 Å². The van der Waals surface area contributed by atoms with Crippen molar-refractivity contribution in [3.8, 4) is 28.7 Å². The lowest BCUT2D eigenvalue weighted by Gasteiger charge is -2.30. The summed E-state index contributed by atoms with van der Waals surface area (Å²) in [5, 5.41) is 10.5. The second kappa shape index (κ2) is 14.4. The fourth-order valence-corrected chi connectivity index (χ4v) is 4.96. The minimum atomic E-state index is -0.631. The Hall–Kier alpha value is -5.30. The van der Waals surface area contributed by atoms with Crippen molar-refractivity contribution in [1.29, 1.82) is 0 Å². The number of esters is 1. The van der Waals surface area contributed by atoms with Gasteiger partial charge >= 0.3 is 5.97 Å². The summed E-state index contributed by atoms with van der Waals surface area (Å²) in [6.07, 6.45) is 1.48. The maximum absolute atomic E-state index is 12.7. The van der Waals surface area contributed by atoms with E-state index >= 15 is 0 Å². The van der Waals surface area contributed by atoms with Crippen molar-refractivity contribution in [3.05, 3.63) is 88.6 Å². The Morgan fingerprint density at radius 3 is 2.69 bits per heavy atom. The molecule has 12 nitrogen and oxygen atoms in total. The predicted molar refractivity (Wildman–Crippen MR) is 169 cm³/mol. The molecule has 0 saturated carbocycles. The van der Waals surface area contributed by atoms with Crippen molar-refractivity contribution in [3.63, 3.8) is 0 Å². The second-order valence-electron chi connectivity index (χ2n) is 9.80. The van der Waals surface area contributed by atoms with Crippen molar-refractivity contribution in [2.75, 3.05) is 27.1 Å². The highest BCUT2D eigenvalue weighted by molar-refractivity contribution is 7.80. The second-order valence-corrected chi connectivity index (χ2v) is 10.2. The number of benzene rings is 3. The van der Waals surface area contributed by atoms with E-state index in [1.54, 1.807) is 63.4 Å². The number of carbonyl (C=O) groups is 2. The van der Waals surface area contributed by atoms with Crippen LogP contribution < -0.4 is 39.7 Å². The number of nitrogens with zero attached hydrogens (tertiary/aromatic N) is 1. The van der Waals surface area contributed by atoms with Crippen LogP contribution in [0.15, 0.2) is 77.0 Å². The molecule has 2 aliphatic heterocycles. The molecule has 0 spiro atoms. The van der Waals surface area contributed by atoms with E-state index in [0.29, 0.717) is 62.9 Å². The Bertz CT molecular complexity index is 1660. The van der Waals surface area contributed by atoms with Gasteiger partial charge in [0.15, 0.2) is 34.7 Å². The highest BCUT2D eigenvalue weighted by Gasteiger charge is 2.32. The van der Waals surface area contributed by atoms with Gasteiger partial charge in [0, 0.05) is 11.3 Å². The average Bonchev–Trinajstić information content (AvgIpc) is 3.51. The van der Waals surface area contributed by atoms with Gasteiger partial charge in [-0.15, -0.1) is 0 Å². The molecule has 0 aromatic heterocycles. The summed E-state index contributed by atoms with van der Waals surface area (Å²) >= 11 is 5.32. The Morgan fingerprint density at radius 1 is 1.04 bits per heavy atom. The summed E-state index contributed by atoms with van der Waals surface area (Å²) in [5.74, 6) is 1.87. The van der Waals surface area contributed by atoms with E-state index in [4.69, 9.17) is 40.6 Å². The average molecular weight is 633 g/mol. The van der Waals surface area contributed by atoms with Gasteiger partial charge in [-0.1, -0.05) is 24.3 Å². The Kier molecular flexibility index (Phi) is 10.00.